The molecule has 17 heavy (non-hydrogen) atoms. The van der Waals surface area contributed by atoms with E-state index < -0.39 is 11.4 Å². The van der Waals surface area contributed by atoms with E-state index in [0.29, 0.717) is 12.2 Å². The fourth-order valence-electron chi connectivity index (χ4n) is 1.91. The van der Waals surface area contributed by atoms with Gasteiger partial charge < -0.3 is 10.4 Å². The highest BCUT2D eigenvalue weighted by molar-refractivity contribution is 5.76. The molecule has 5 nitrogen and oxygen atoms in total. The number of hydrogen-bond acceptors (Lipinski definition) is 4. The molecule has 0 unspecified atom stereocenters. The highest BCUT2D eigenvalue weighted by atomic mass is 16.4. The monoisotopic (exact) mass is 231 g/mol. The van der Waals surface area contributed by atoms with Crippen LogP contribution in [0.5, 0.6) is 0 Å². The van der Waals surface area contributed by atoms with Crippen molar-refractivity contribution in [3.05, 3.63) is 24.0 Å². The van der Waals surface area contributed by atoms with Crippen LogP contribution in [0.4, 0.5) is 5.69 Å². The van der Waals surface area contributed by atoms with Crippen molar-refractivity contribution in [2.75, 3.05) is 11.9 Å². The molecule has 2 rings (SSSR count). The number of aliphatic carboxylic acids is 1. The van der Waals surface area contributed by atoms with Gasteiger partial charge in [0, 0.05) is 6.54 Å². The summed E-state index contributed by atoms with van der Waals surface area (Å²) in [6, 6.07) is 5.28. The zero-order chi connectivity index (χ0) is 12.3. The summed E-state index contributed by atoms with van der Waals surface area (Å²) in [5.41, 5.74) is 0.483. The van der Waals surface area contributed by atoms with Gasteiger partial charge in [-0.3, -0.25) is 4.79 Å². The van der Waals surface area contributed by atoms with Gasteiger partial charge >= 0.3 is 5.97 Å². The number of aromatic nitrogens is 1. The SMILES string of the molecule is N#Cc1ccc(NCC2(C(=O)O)CCC2)cn1. The van der Waals surface area contributed by atoms with Crippen LogP contribution in [0.2, 0.25) is 0 Å². The van der Waals surface area contributed by atoms with Crippen LogP contribution in [0.25, 0.3) is 0 Å². The smallest absolute Gasteiger partial charge is 0.311 e. The third-order valence-corrected chi connectivity index (χ3v) is 3.27. The van der Waals surface area contributed by atoms with Crippen molar-refractivity contribution in [2.24, 2.45) is 5.41 Å². The Bertz CT molecular complexity index is 458. The first-order chi connectivity index (χ1) is 8.16. The van der Waals surface area contributed by atoms with Gasteiger partial charge in [0.15, 0.2) is 0 Å². The summed E-state index contributed by atoms with van der Waals surface area (Å²) >= 11 is 0. The number of nitrogens with one attached hydrogen (secondary N) is 1. The predicted molar refractivity (Wildman–Crippen MR) is 61.4 cm³/mol. The van der Waals surface area contributed by atoms with Gasteiger partial charge in [-0.15, -0.1) is 0 Å². The maximum Gasteiger partial charge on any atom is 0.311 e. The van der Waals surface area contributed by atoms with Crippen LogP contribution in [0.3, 0.4) is 0 Å². The van der Waals surface area contributed by atoms with E-state index in [1.165, 1.54) is 0 Å². The molecule has 88 valence electrons. The summed E-state index contributed by atoms with van der Waals surface area (Å²) in [6.07, 6.45) is 3.96. The van der Waals surface area contributed by atoms with E-state index in [1.54, 1.807) is 18.3 Å². The highest BCUT2D eigenvalue weighted by Crippen LogP contribution is 2.41. The molecule has 5 heteroatoms. The average molecular weight is 231 g/mol. The molecule has 1 aliphatic carbocycles. The molecule has 1 heterocycles. The summed E-state index contributed by atoms with van der Waals surface area (Å²) in [6.45, 7) is 0.413. The lowest BCUT2D eigenvalue weighted by Gasteiger charge is -2.37. The Labute approximate surface area is 99.1 Å². The zero-order valence-corrected chi connectivity index (χ0v) is 9.31. The Hall–Kier alpha value is -2.09. The number of rotatable bonds is 4. The Morgan fingerprint density at radius 2 is 2.35 bits per heavy atom. The number of carbonyl (C=O) groups is 1. The number of hydrogen-bond donors (Lipinski definition) is 2. The fourth-order valence-corrected chi connectivity index (χ4v) is 1.91. The molecule has 0 bridgehead atoms. The average Bonchev–Trinajstić information content (AvgIpc) is 2.28. The Kier molecular flexibility index (Phi) is 2.96. The molecule has 1 saturated carbocycles. The number of carboxylic acid groups (broad SMARTS) is 1. The molecule has 1 aromatic rings. The molecule has 0 aliphatic heterocycles. The molecule has 0 amide bonds. The van der Waals surface area contributed by atoms with Gasteiger partial charge in [0.25, 0.3) is 0 Å². The van der Waals surface area contributed by atoms with E-state index in [0.717, 1.165) is 24.9 Å². The molecule has 0 spiro atoms. The third kappa shape index (κ3) is 2.21. The van der Waals surface area contributed by atoms with Crippen LogP contribution >= 0.6 is 0 Å². The topological polar surface area (TPSA) is 86.0 Å². The van der Waals surface area contributed by atoms with Crippen molar-refractivity contribution < 1.29 is 9.90 Å². The summed E-state index contributed by atoms with van der Waals surface area (Å²) in [4.78, 5) is 15.0. The van der Waals surface area contributed by atoms with Crippen molar-refractivity contribution in [2.45, 2.75) is 19.3 Å². The number of pyridine rings is 1. The van der Waals surface area contributed by atoms with Gasteiger partial charge in [-0.1, -0.05) is 6.42 Å². The number of anilines is 1. The first kappa shape index (κ1) is 11.4. The summed E-state index contributed by atoms with van der Waals surface area (Å²) in [7, 11) is 0. The van der Waals surface area contributed by atoms with Gasteiger partial charge in [0.05, 0.1) is 17.3 Å². The second kappa shape index (κ2) is 4.42. The summed E-state index contributed by atoms with van der Waals surface area (Å²) < 4.78 is 0. The lowest BCUT2D eigenvalue weighted by atomic mass is 9.69. The van der Waals surface area contributed by atoms with E-state index in [-0.39, 0.29) is 0 Å². The minimum absolute atomic E-state index is 0.354. The van der Waals surface area contributed by atoms with E-state index in [4.69, 9.17) is 10.4 Å². The van der Waals surface area contributed by atoms with E-state index in [1.807, 2.05) is 6.07 Å². The van der Waals surface area contributed by atoms with Crippen LogP contribution < -0.4 is 5.32 Å². The molecule has 0 atom stereocenters. The van der Waals surface area contributed by atoms with Gasteiger partial charge in [-0.2, -0.15) is 5.26 Å². The first-order valence-electron chi connectivity index (χ1n) is 5.50. The predicted octanol–water partition coefficient (Wildman–Crippen LogP) is 1.62. The van der Waals surface area contributed by atoms with Gasteiger partial charge in [-0.05, 0) is 25.0 Å². The third-order valence-electron chi connectivity index (χ3n) is 3.27. The summed E-state index contributed by atoms with van der Waals surface area (Å²) in [5.74, 6) is -0.738. The Morgan fingerprint density at radius 1 is 1.59 bits per heavy atom. The molecule has 1 aromatic heterocycles. The van der Waals surface area contributed by atoms with Crippen molar-refractivity contribution in [1.29, 1.82) is 5.26 Å². The van der Waals surface area contributed by atoms with Crippen LogP contribution in [-0.2, 0) is 4.79 Å². The van der Waals surface area contributed by atoms with E-state index in [9.17, 15) is 4.79 Å². The second-order valence-electron chi connectivity index (χ2n) is 4.34. The molecule has 0 saturated heterocycles. The van der Waals surface area contributed by atoms with Crippen molar-refractivity contribution in [3.8, 4) is 6.07 Å². The van der Waals surface area contributed by atoms with Gasteiger partial charge in [0.2, 0.25) is 0 Å². The molecule has 1 aliphatic rings. The second-order valence-corrected chi connectivity index (χ2v) is 4.34. The first-order valence-corrected chi connectivity index (χ1v) is 5.50. The molecular formula is C12H13N3O2. The van der Waals surface area contributed by atoms with E-state index >= 15 is 0 Å². The summed E-state index contributed by atoms with van der Waals surface area (Å²) in [5, 5.41) is 20.8. The number of nitrogens with zero attached hydrogens (tertiary/aromatic N) is 2. The normalized spacial score (nSPS) is 16.6. The Morgan fingerprint density at radius 3 is 2.76 bits per heavy atom. The van der Waals surface area contributed by atoms with Crippen molar-refractivity contribution in [1.82, 2.24) is 4.98 Å². The van der Waals surface area contributed by atoms with Crippen molar-refractivity contribution >= 4 is 11.7 Å². The van der Waals surface area contributed by atoms with Crippen molar-refractivity contribution in [3.63, 3.8) is 0 Å². The minimum Gasteiger partial charge on any atom is -0.481 e. The standard InChI is InChI=1S/C12H13N3O2/c13-6-9-2-3-10(7-14-9)15-8-12(11(16)17)4-1-5-12/h2-3,7,15H,1,4-5,8H2,(H,16,17). The van der Waals surface area contributed by atoms with Crippen LogP contribution in [0.1, 0.15) is 25.0 Å². The Balaban J connectivity index is 1.97. The maximum absolute atomic E-state index is 11.1. The lowest BCUT2D eigenvalue weighted by molar-refractivity contribution is -0.153. The van der Waals surface area contributed by atoms with Crippen LogP contribution in [0, 0.1) is 16.7 Å². The maximum atomic E-state index is 11.1. The minimum atomic E-state index is -0.738. The number of nitriles is 1. The molecular weight excluding hydrogens is 218 g/mol. The fraction of sp³-hybridized carbons (Fsp3) is 0.417. The van der Waals surface area contributed by atoms with E-state index in [2.05, 4.69) is 10.3 Å². The van der Waals surface area contributed by atoms with Gasteiger partial charge in [0.1, 0.15) is 11.8 Å². The molecule has 1 fully saturated rings. The molecule has 2 N–H and O–H groups in total. The number of carboxylic acids is 1. The quantitative estimate of drug-likeness (QED) is 0.822. The zero-order valence-electron chi connectivity index (χ0n) is 9.31. The highest BCUT2D eigenvalue weighted by Gasteiger charge is 2.44. The van der Waals surface area contributed by atoms with Gasteiger partial charge in [-0.25, -0.2) is 4.98 Å². The van der Waals surface area contributed by atoms with Crippen LogP contribution in [0.15, 0.2) is 18.3 Å². The molecule has 0 radical (unpaired) electrons. The van der Waals surface area contributed by atoms with Crippen LogP contribution in [-0.4, -0.2) is 22.6 Å². The lowest BCUT2D eigenvalue weighted by Crippen LogP contribution is -2.43. The largest absolute Gasteiger partial charge is 0.481 e. The molecule has 0 aromatic carbocycles.